The minimum absolute atomic E-state index is 0.563. The van der Waals surface area contributed by atoms with E-state index in [1.807, 2.05) is 30.9 Å². The SMILES string of the molecule is CCc1cc(-c2noc(C)n2)ccc1N(C)c1cc2c(cn1)ncn2C. The van der Waals surface area contributed by atoms with Crippen molar-refractivity contribution in [2.75, 3.05) is 11.9 Å². The molecule has 0 aliphatic rings. The number of anilines is 2. The average molecular weight is 348 g/mol. The van der Waals surface area contributed by atoms with Crippen LogP contribution in [0.25, 0.3) is 22.4 Å². The van der Waals surface area contributed by atoms with Crippen LogP contribution in [0.5, 0.6) is 0 Å². The van der Waals surface area contributed by atoms with Gasteiger partial charge in [0.25, 0.3) is 0 Å². The highest BCUT2D eigenvalue weighted by molar-refractivity contribution is 5.79. The molecule has 4 rings (SSSR count). The van der Waals surface area contributed by atoms with E-state index in [0.29, 0.717) is 11.7 Å². The first-order chi connectivity index (χ1) is 12.6. The van der Waals surface area contributed by atoms with Gasteiger partial charge in [0.2, 0.25) is 11.7 Å². The van der Waals surface area contributed by atoms with Crippen molar-refractivity contribution in [1.29, 1.82) is 0 Å². The molecule has 0 aliphatic heterocycles. The fourth-order valence-corrected chi connectivity index (χ4v) is 3.08. The first-order valence-electron chi connectivity index (χ1n) is 8.51. The normalized spacial score (nSPS) is 11.2. The topological polar surface area (TPSA) is 72.9 Å². The van der Waals surface area contributed by atoms with Crippen molar-refractivity contribution in [2.24, 2.45) is 7.05 Å². The number of pyridine rings is 1. The maximum Gasteiger partial charge on any atom is 0.223 e. The number of benzene rings is 1. The summed E-state index contributed by atoms with van der Waals surface area (Å²) >= 11 is 0. The number of aryl methyl sites for hydroxylation is 3. The monoisotopic (exact) mass is 348 g/mol. The van der Waals surface area contributed by atoms with Gasteiger partial charge in [0, 0.05) is 38.3 Å². The molecule has 3 aromatic heterocycles. The van der Waals surface area contributed by atoms with Gasteiger partial charge >= 0.3 is 0 Å². The zero-order chi connectivity index (χ0) is 18.3. The molecule has 26 heavy (non-hydrogen) atoms. The Morgan fingerprint density at radius 2 is 2.04 bits per heavy atom. The van der Waals surface area contributed by atoms with E-state index in [2.05, 4.69) is 50.1 Å². The highest BCUT2D eigenvalue weighted by Gasteiger charge is 2.14. The van der Waals surface area contributed by atoms with Crippen molar-refractivity contribution in [3.05, 3.63) is 48.2 Å². The maximum absolute atomic E-state index is 5.09. The Bertz CT molecular complexity index is 1080. The first kappa shape index (κ1) is 16.3. The van der Waals surface area contributed by atoms with E-state index in [-0.39, 0.29) is 0 Å². The van der Waals surface area contributed by atoms with Crippen molar-refractivity contribution in [3.8, 4) is 11.4 Å². The smallest absolute Gasteiger partial charge is 0.223 e. The molecule has 0 saturated heterocycles. The summed E-state index contributed by atoms with van der Waals surface area (Å²) in [7, 11) is 4.01. The lowest BCUT2D eigenvalue weighted by Crippen LogP contribution is -2.13. The molecule has 0 bridgehead atoms. The minimum Gasteiger partial charge on any atom is -0.339 e. The molecule has 0 spiro atoms. The third-order valence-corrected chi connectivity index (χ3v) is 4.55. The average Bonchev–Trinajstić information content (AvgIpc) is 3.26. The second kappa shape index (κ2) is 6.25. The van der Waals surface area contributed by atoms with Crippen LogP contribution in [0.3, 0.4) is 0 Å². The fourth-order valence-electron chi connectivity index (χ4n) is 3.08. The van der Waals surface area contributed by atoms with Crippen LogP contribution in [0.4, 0.5) is 11.5 Å². The van der Waals surface area contributed by atoms with Crippen LogP contribution in [0.1, 0.15) is 18.4 Å². The molecule has 0 unspecified atom stereocenters. The lowest BCUT2D eigenvalue weighted by Gasteiger charge is -2.22. The van der Waals surface area contributed by atoms with Gasteiger partial charge in [0.05, 0.1) is 18.0 Å². The summed E-state index contributed by atoms with van der Waals surface area (Å²) in [4.78, 5) is 15.3. The van der Waals surface area contributed by atoms with Crippen LogP contribution < -0.4 is 4.90 Å². The maximum atomic E-state index is 5.09. The van der Waals surface area contributed by atoms with Crippen molar-refractivity contribution in [2.45, 2.75) is 20.3 Å². The van der Waals surface area contributed by atoms with Gasteiger partial charge in [-0.3, -0.25) is 0 Å². The zero-order valence-electron chi connectivity index (χ0n) is 15.3. The van der Waals surface area contributed by atoms with E-state index in [9.17, 15) is 0 Å². The molecule has 7 nitrogen and oxygen atoms in total. The van der Waals surface area contributed by atoms with Crippen LogP contribution in [0, 0.1) is 6.92 Å². The Hall–Kier alpha value is -3.22. The molecular weight excluding hydrogens is 328 g/mol. The number of imidazole rings is 1. The molecule has 0 N–H and O–H groups in total. The van der Waals surface area contributed by atoms with E-state index in [4.69, 9.17) is 4.52 Å². The minimum atomic E-state index is 0.563. The Morgan fingerprint density at radius 3 is 2.77 bits per heavy atom. The molecule has 0 fully saturated rings. The van der Waals surface area contributed by atoms with E-state index in [0.717, 1.165) is 34.5 Å². The van der Waals surface area contributed by atoms with Crippen molar-refractivity contribution in [3.63, 3.8) is 0 Å². The third-order valence-electron chi connectivity index (χ3n) is 4.55. The third kappa shape index (κ3) is 2.71. The number of hydrogen-bond donors (Lipinski definition) is 0. The molecule has 3 heterocycles. The van der Waals surface area contributed by atoms with Crippen LogP contribution in [-0.2, 0) is 13.5 Å². The summed E-state index contributed by atoms with van der Waals surface area (Å²) < 4.78 is 7.09. The molecule has 0 atom stereocenters. The molecule has 7 heteroatoms. The van der Waals surface area contributed by atoms with Crippen LogP contribution in [-0.4, -0.2) is 31.7 Å². The number of hydrogen-bond acceptors (Lipinski definition) is 6. The molecule has 1 aromatic carbocycles. The van der Waals surface area contributed by atoms with Gasteiger partial charge in [-0.1, -0.05) is 12.1 Å². The summed E-state index contributed by atoms with van der Waals surface area (Å²) in [6.07, 6.45) is 4.50. The molecule has 0 amide bonds. The van der Waals surface area contributed by atoms with Crippen LogP contribution in [0.2, 0.25) is 0 Å². The van der Waals surface area contributed by atoms with Crippen molar-refractivity contribution in [1.82, 2.24) is 24.7 Å². The van der Waals surface area contributed by atoms with Crippen molar-refractivity contribution < 1.29 is 4.52 Å². The first-order valence-corrected chi connectivity index (χ1v) is 8.51. The predicted octanol–water partition coefficient (Wildman–Crippen LogP) is 3.66. The number of nitrogens with zero attached hydrogens (tertiary/aromatic N) is 6. The van der Waals surface area contributed by atoms with Gasteiger partial charge in [-0.25, -0.2) is 9.97 Å². The lowest BCUT2D eigenvalue weighted by atomic mass is 10.0. The van der Waals surface area contributed by atoms with Gasteiger partial charge in [0.1, 0.15) is 11.3 Å². The van der Waals surface area contributed by atoms with Gasteiger partial charge in [0.15, 0.2) is 0 Å². The second-order valence-corrected chi connectivity index (χ2v) is 6.28. The lowest BCUT2D eigenvalue weighted by molar-refractivity contribution is 0.394. The predicted molar refractivity (Wildman–Crippen MR) is 100 cm³/mol. The summed E-state index contributed by atoms with van der Waals surface area (Å²) in [6, 6.07) is 8.25. The Kier molecular flexibility index (Phi) is 3.91. The van der Waals surface area contributed by atoms with Crippen LogP contribution >= 0.6 is 0 Å². The number of aromatic nitrogens is 5. The highest BCUT2D eigenvalue weighted by Crippen LogP contribution is 2.30. The van der Waals surface area contributed by atoms with Crippen molar-refractivity contribution >= 4 is 22.5 Å². The molecule has 132 valence electrons. The molecule has 4 aromatic rings. The summed E-state index contributed by atoms with van der Waals surface area (Å²) in [6.45, 7) is 3.93. The zero-order valence-corrected chi connectivity index (χ0v) is 15.3. The van der Waals surface area contributed by atoms with Gasteiger partial charge in [-0.15, -0.1) is 0 Å². The fraction of sp³-hybridized carbons (Fsp3) is 0.263. The van der Waals surface area contributed by atoms with E-state index in [1.165, 1.54) is 5.56 Å². The summed E-state index contributed by atoms with van der Waals surface area (Å²) in [5, 5.41) is 4.01. The molecular formula is C19H20N6O. The summed E-state index contributed by atoms with van der Waals surface area (Å²) in [5.41, 5.74) is 5.19. The molecule has 0 radical (unpaired) electrons. The van der Waals surface area contributed by atoms with E-state index < -0.39 is 0 Å². The Labute approximate surface area is 151 Å². The van der Waals surface area contributed by atoms with E-state index >= 15 is 0 Å². The Morgan fingerprint density at radius 1 is 1.19 bits per heavy atom. The summed E-state index contributed by atoms with van der Waals surface area (Å²) in [5.74, 6) is 2.05. The Balaban J connectivity index is 1.74. The van der Waals surface area contributed by atoms with E-state index in [1.54, 1.807) is 13.3 Å². The van der Waals surface area contributed by atoms with Gasteiger partial charge in [-0.2, -0.15) is 4.98 Å². The number of fused-ring (bicyclic) bond motifs is 1. The molecule has 0 saturated carbocycles. The largest absolute Gasteiger partial charge is 0.339 e. The van der Waals surface area contributed by atoms with Gasteiger partial charge < -0.3 is 14.0 Å². The quantitative estimate of drug-likeness (QED) is 0.560. The number of rotatable bonds is 4. The molecule has 0 aliphatic carbocycles. The second-order valence-electron chi connectivity index (χ2n) is 6.28. The van der Waals surface area contributed by atoms with Gasteiger partial charge in [-0.05, 0) is 30.2 Å². The van der Waals surface area contributed by atoms with Crippen LogP contribution in [0.15, 0.2) is 41.3 Å². The highest BCUT2D eigenvalue weighted by atomic mass is 16.5. The standard InChI is InChI=1S/C19H20N6O/c1-5-13-8-14(19-22-12(2)26-23-19)6-7-16(13)25(4)18-9-17-15(10-20-18)21-11-24(17)3/h6-11H,5H2,1-4H3.